The van der Waals surface area contributed by atoms with E-state index in [0.29, 0.717) is 22.3 Å². The molecular formula is C18H16O3. The molecule has 1 aromatic heterocycles. The van der Waals surface area contributed by atoms with E-state index in [4.69, 9.17) is 4.42 Å². The van der Waals surface area contributed by atoms with Gasteiger partial charge in [0.15, 0.2) is 5.43 Å². The van der Waals surface area contributed by atoms with Crippen molar-refractivity contribution in [2.24, 2.45) is 0 Å². The van der Waals surface area contributed by atoms with E-state index in [9.17, 15) is 9.90 Å². The molecule has 0 saturated carbocycles. The van der Waals surface area contributed by atoms with E-state index in [-0.39, 0.29) is 11.2 Å². The Morgan fingerprint density at radius 1 is 0.952 bits per heavy atom. The van der Waals surface area contributed by atoms with Crippen LogP contribution in [0.15, 0.2) is 45.6 Å². The highest BCUT2D eigenvalue weighted by atomic mass is 16.3. The third-order valence-corrected chi connectivity index (χ3v) is 3.87. The Bertz CT molecular complexity index is 904. The largest absolute Gasteiger partial charge is 0.508 e. The highest BCUT2D eigenvalue weighted by Crippen LogP contribution is 2.28. The van der Waals surface area contributed by atoms with Crippen molar-refractivity contribution in [3.8, 4) is 17.1 Å². The SMILES string of the molecule is Cc1ccc(-c2oc3cc(O)ccc3c(=O)c2C)cc1C. The Morgan fingerprint density at radius 3 is 2.43 bits per heavy atom. The molecule has 0 saturated heterocycles. The summed E-state index contributed by atoms with van der Waals surface area (Å²) in [6.07, 6.45) is 0. The zero-order valence-electron chi connectivity index (χ0n) is 12.2. The second kappa shape index (κ2) is 4.77. The van der Waals surface area contributed by atoms with Gasteiger partial charge >= 0.3 is 0 Å². The van der Waals surface area contributed by atoms with Gasteiger partial charge in [-0.15, -0.1) is 0 Å². The van der Waals surface area contributed by atoms with E-state index >= 15 is 0 Å². The number of phenolic OH excluding ortho intramolecular Hbond substituents is 1. The molecule has 0 aliphatic carbocycles. The summed E-state index contributed by atoms with van der Waals surface area (Å²) in [5.74, 6) is 0.640. The third-order valence-electron chi connectivity index (χ3n) is 3.87. The predicted octanol–water partition coefficient (Wildman–Crippen LogP) is 4.09. The van der Waals surface area contributed by atoms with Crippen molar-refractivity contribution < 1.29 is 9.52 Å². The minimum absolute atomic E-state index is 0.0653. The summed E-state index contributed by atoms with van der Waals surface area (Å²) in [6.45, 7) is 5.84. The maximum absolute atomic E-state index is 12.4. The van der Waals surface area contributed by atoms with E-state index in [1.807, 2.05) is 32.0 Å². The van der Waals surface area contributed by atoms with Crippen molar-refractivity contribution in [3.63, 3.8) is 0 Å². The molecule has 3 rings (SSSR count). The van der Waals surface area contributed by atoms with Gasteiger partial charge in [-0.2, -0.15) is 0 Å². The minimum Gasteiger partial charge on any atom is -0.508 e. The molecule has 106 valence electrons. The van der Waals surface area contributed by atoms with E-state index in [0.717, 1.165) is 11.1 Å². The first-order chi connectivity index (χ1) is 9.97. The lowest BCUT2D eigenvalue weighted by atomic mass is 10.0. The average molecular weight is 280 g/mol. The van der Waals surface area contributed by atoms with Crippen molar-refractivity contribution in [2.45, 2.75) is 20.8 Å². The molecule has 3 nitrogen and oxygen atoms in total. The normalized spacial score (nSPS) is 11.0. The molecule has 0 radical (unpaired) electrons. The maximum Gasteiger partial charge on any atom is 0.196 e. The first kappa shape index (κ1) is 13.4. The first-order valence-corrected chi connectivity index (χ1v) is 6.81. The van der Waals surface area contributed by atoms with Crippen molar-refractivity contribution in [1.29, 1.82) is 0 Å². The van der Waals surface area contributed by atoms with Gasteiger partial charge in [-0.05, 0) is 50.1 Å². The summed E-state index contributed by atoms with van der Waals surface area (Å²) in [4.78, 5) is 12.4. The number of fused-ring (bicyclic) bond motifs is 1. The number of rotatable bonds is 1. The topological polar surface area (TPSA) is 50.4 Å². The van der Waals surface area contributed by atoms with Gasteiger partial charge in [0.25, 0.3) is 0 Å². The van der Waals surface area contributed by atoms with Crippen molar-refractivity contribution >= 4 is 11.0 Å². The van der Waals surface area contributed by atoms with Gasteiger partial charge in [0.1, 0.15) is 17.1 Å². The van der Waals surface area contributed by atoms with Crippen LogP contribution in [0.3, 0.4) is 0 Å². The fourth-order valence-electron chi connectivity index (χ4n) is 2.43. The number of aryl methyl sites for hydroxylation is 2. The molecule has 1 heterocycles. The van der Waals surface area contributed by atoms with Gasteiger partial charge in [0.05, 0.1) is 5.39 Å². The van der Waals surface area contributed by atoms with E-state index in [1.54, 1.807) is 13.0 Å². The summed E-state index contributed by atoms with van der Waals surface area (Å²) >= 11 is 0. The Morgan fingerprint density at radius 2 is 1.71 bits per heavy atom. The van der Waals surface area contributed by atoms with Crippen LogP contribution in [0.1, 0.15) is 16.7 Å². The van der Waals surface area contributed by atoms with Crippen LogP contribution in [0.25, 0.3) is 22.3 Å². The standard InChI is InChI=1S/C18H16O3/c1-10-4-5-13(8-11(10)2)18-12(3)17(20)15-7-6-14(19)9-16(15)21-18/h4-9,19H,1-3H3. The third kappa shape index (κ3) is 2.21. The lowest BCUT2D eigenvalue weighted by Crippen LogP contribution is -2.07. The summed E-state index contributed by atoms with van der Waals surface area (Å²) in [6, 6.07) is 10.5. The van der Waals surface area contributed by atoms with Crippen LogP contribution in [-0.4, -0.2) is 5.11 Å². The molecule has 2 aromatic carbocycles. The van der Waals surface area contributed by atoms with Crippen molar-refractivity contribution in [1.82, 2.24) is 0 Å². The zero-order chi connectivity index (χ0) is 15.1. The first-order valence-electron chi connectivity index (χ1n) is 6.81. The van der Waals surface area contributed by atoms with Crippen LogP contribution in [-0.2, 0) is 0 Å². The van der Waals surface area contributed by atoms with E-state index in [2.05, 4.69) is 0 Å². The molecule has 3 aromatic rings. The minimum atomic E-state index is -0.0653. The highest BCUT2D eigenvalue weighted by molar-refractivity contribution is 5.81. The molecule has 0 spiro atoms. The van der Waals surface area contributed by atoms with Gasteiger partial charge in [-0.1, -0.05) is 12.1 Å². The summed E-state index contributed by atoms with van der Waals surface area (Å²) in [5.41, 5.74) is 4.13. The number of hydrogen-bond donors (Lipinski definition) is 1. The molecule has 21 heavy (non-hydrogen) atoms. The molecule has 0 fully saturated rings. The maximum atomic E-state index is 12.4. The van der Waals surface area contributed by atoms with Crippen LogP contribution in [0, 0.1) is 20.8 Å². The van der Waals surface area contributed by atoms with Crippen LogP contribution in [0.2, 0.25) is 0 Å². The Hall–Kier alpha value is -2.55. The molecule has 0 aliphatic heterocycles. The summed E-state index contributed by atoms with van der Waals surface area (Å²) in [5, 5.41) is 10.1. The van der Waals surface area contributed by atoms with Crippen molar-refractivity contribution in [2.75, 3.05) is 0 Å². The van der Waals surface area contributed by atoms with E-state index < -0.39 is 0 Å². The summed E-state index contributed by atoms with van der Waals surface area (Å²) < 4.78 is 5.88. The predicted molar refractivity (Wildman–Crippen MR) is 83.8 cm³/mol. The number of phenols is 1. The van der Waals surface area contributed by atoms with E-state index in [1.165, 1.54) is 17.7 Å². The van der Waals surface area contributed by atoms with Crippen LogP contribution in [0.4, 0.5) is 0 Å². The van der Waals surface area contributed by atoms with Gasteiger partial charge < -0.3 is 9.52 Å². The Balaban J connectivity index is 2.34. The Labute approximate surface area is 122 Å². The molecular weight excluding hydrogens is 264 g/mol. The second-order valence-corrected chi connectivity index (χ2v) is 5.36. The molecule has 1 N–H and O–H groups in total. The fraction of sp³-hybridized carbons (Fsp3) is 0.167. The fourth-order valence-corrected chi connectivity index (χ4v) is 2.43. The Kier molecular flexibility index (Phi) is 3.05. The lowest BCUT2D eigenvalue weighted by Gasteiger charge is -2.09. The summed E-state index contributed by atoms with van der Waals surface area (Å²) in [7, 11) is 0. The molecule has 3 heteroatoms. The smallest absolute Gasteiger partial charge is 0.196 e. The second-order valence-electron chi connectivity index (χ2n) is 5.36. The van der Waals surface area contributed by atoms with Gasteiger partial charge in [0.2, 0.25) is 0 Å². The monoisotopic (exact) mass is 280 g/mol. The van der Waals surface area contributed by atoms with Gasteiger partial charge in [0, 0.05) is 17.2 Å². The molecule has 0 amide bonds. The lowest BCUT2D eigenvalue weighted by molar-refractivity contribution is 0.474. The van der Waals surface area contributed by atoms with Gasteiger partial charge in [-0.25, -0.2) is 0 Å². The molecule has 0 unspecified atom stereocenters. The van der Waals surface area contributed by atoms with Gasteiger partial charge in [-0.3, -0.25) is 4.79 Å². The average Bonchev–Trinajstić information content (AvgIpc) is 2.45. The number of aromatic hydroxyl groups is 1. The number of hydrogen-bond acceptors (Lipinski definition) is 3. The van der Waals surface area contributed by atoms with Crippen LogP contribution >= 0.6 is 0 Å². The number of benzene rings is 2. The highest BCUT2D eigenvalue weighted by Gasteiger charge is 2.13. The molecule has 0 aliphatic rings. The molecule has 0 bridgehead atoms. The van der Waals surface area contributed by atoms with Crippen LogP contribution < -0.4 is 5.43 Å². The van der Waals surface area contributed by atoms with Crippen molar-refractivity contribution in [3.05, 3.63) is 63.3 Å². The molecule has 0 atom stereocenters. The quantitative estimate of drug-likeness (QED) is 0.730. The van der Waals surface area contributed by atoms with Crippen LogP contribution in [0.5, 0.6) is 5.75 Å². The zero-order valence-corrected chi connectivity index (χ0v) is 12.2.